The number of hydrogen-bond acceptors (Lipinski definition) is 4. The van der Waals surface area contributed by atoms with Crippen LogP contribution in [0.15, 0.2) is 47.4 Å². The second-order valence-electron chi connectivity index (χ2n) is 4.41. The van der Waals surface area contributed by atoms with E-state index in [-0.39, 0.29) is 6.04 Å². The molecular formula is C13H18N4O2. The van der Waals surface area contributed by atoms with Gasteiger partial charge < -0.3 is 15.3 Å². The molecule has 1 aliphatic rings. The van der Waals surface area contributed by atoms with E-state index in [9.17, 15) is 5.11 Å². The monoisotopic (exact) mass is 262 g/mol. The molecule has 0 fully saturated rings. The van der Waals surface area contributed by atoms with E-state index in [1.165, 1.54) is 12.6 Å². The molecule has 0 bridgehead atoms. The molecule has 0 radical (unpaired) electrons. The Morgan fingerprint density at radius 2 is 2.21 bits per heavy atom. The van der Waals surface area contributed by atoms with E-state index in [1.807, 2.05) is 18.2 Å². The molecule has 3 N–H and O–H groups in total. The van der Waals surface area contributed by atoms with E-state index in [4.69, 9.17) is 4.84 Å². The topological polar surface area (TPSA) is 73.2 Å². The Kier molecular flexibility index (Phi) is 4.38. The van der Waals surface area contributed by atoms with Crippen LogP contribution in [0.2, 0.25) is 0 Å². The first-order valence-corrected chi connectivity index (χ1v) is 6.15. The summed E-state index contributed by atoms with van der Waals surface area (Å²) in [7, 11) is 1.43. The summed E-state index contributed by atoms with van der Waals surface area (Å²) in [6.07, 6.45) is 2.69. The first-order chi connectivity index (χ1) is 9.19. The number of aliphatic imine (C=N–C) groups is 1. The minimum atomic E-state index is -0.426. The van der Waals surface area contributed by atoms with Crippen LogP contribution in [0.4, 0.5) is 0 Å². The molecular weight excluding hydrogens is 244 g/mol. The summed E-state index contributed by atoms with van der Waals surface area (Å²) in [4.78, 5) is 8.66. The van der Waals surface area contributed by atoms with E-state index >= 15 is 0 Å². The van der Waals surface area contributed by atoms with Crippen molar-refractivity contribution in [2.75, 3.05) is 7.05 Å². The lowest BCUT2D eigenvalue weighted by molar-refractivity contribution is -0.934. The molecule has 0 saturated heterocycles. The van der Waals surface area contributed by atoms with Gasteiger partial charge in [0.2, 0.25) is 0 Å². The van der Waals surface area contributed by atoms with Gasteiger partial charge in [0.1, 0.15) is 6.04 Å². The molecule has 2 atom stereocenters. The van der Waals surface area contributed by atoms with Crippen LogP contribution in [0, 0.1) is 0 Å². The maximum atomic E-state index is 11.1. The Morgan fingerprint density at radius 1 is 1.47 bits per heavy atom. The van der Waals surface area contributed by atoms with Crippen molar-refractivity contribution in [2.45, 2.75) is 19.4 Å². The molecule has 2 rings (SSSR count). The summed E-state index contributed by atoms with van der Waals surface area (Å²) in [5.74, 6) is 0.380. The van der Waals surface area contributed by atoms with E-state index in [0.717, 1.165) is 11.4 Å². The first-order valence-electron chi connectivity index (χ1n) is 6.15. The highest BCUT2D eigenvalue weighted by molar-refractivity contribution is 5.70. The van der Waals surface area contributed by atoms with Gasteiger partial charge in [-0.3, -0.25) is 4.99 Å². The molecule has 19 heavy (non-hydrogen) atoms. The van der Waals surface area contributed by atoms with Gasteiger partial charge in [-0.05, 0) is 12.5 Å². The number of nitrogens with one attached hydrogen (secondary N) is 3. The number of nitrogens with zero attached hydrogens (tertiary/aromatic N) is 1. The molecule has 6 nitrogen and oxygen atoms in total. The summed E-state index contributed by atoms with van der Waals surface area (Å²) in [5.41, 5.74) is 4.09. The Hall–Kier alpha value is -2.05. The van der Waals surface area contributed by atoms with Crippen molar-refractivity contribution < 1.29 is 15.0 Å². The van der Waals surface area contributed by atoms with Gasteiger partial charge in [0.05, 0.1) is 6.02 Å². The molecule has 1 aromatic carbocycles. The third-order valence-corrected chi connectivity index (χ3v) is 2.91. The Balaban J connectivity index is 1.92. The van der Waals surface area contributed by atoms with Crippen LogP contribution >= 0.6 is 0 Å². The number of benzene rings is 1. The van der Waals surface area contributed by atoms with Crippen molar-refractivity contribution in [3.63, 3.8) is 0 Å². The molecule has 0 saturated carbocycles. The lowest BCUT2D eigenvalue weighted by atomic mass is 10.1. The fraction of sp³-hybridized carbons (Fsp3) is 0.308. The average Bonchev–Trinajstić information content (AvgIpc) is 2.88. The summed E-state index contributed by atoms with van der Waals surface area (Å²) >= 11 is 0. The molecule has 0 amide bonds. The summed E-state index contributed by atoms with van der Waals surface area (Å²) in [6.45, 7) is 2.10. The number of hydrogen-bond donors (Lipinski definition) is 3. The van der Waals surface area contributed by atoms with Gasteiger partial charge in [0, 0.05) is 19.1 Å². The zero-order valence-corrected chi connectivity index (χ0v) is 11.0. The zero-order valence-electron chi connectivity index (χ0n) is 11.0. The molecule has 0 aromatic heterocycles. The molecule has 2 unspecified atom stereocenters. The Bertz CT molecular complexity index is 473. The van der Waals surface area contributed by atoms with E-state index < -0.39 is 6.02 Å². The van der Waals surface area contributed by atoms with Gasteiger partial charge in [-0.15, -0.1) is 0 Å². The number of quaternary nitrogens is 1. The Labute approximate surface area is 112 Å². The van der Waals surface area contributed by atoms with E-state index in [0.29, 0.717) is 5.88 Å². The summed E-state index contributed by atoms with van der Waals surface area (Å²) in [5, 5.41) is 14.6. The fourth-order valence-corrected chi connectivity index (χ4v) is 1.86. The van der Waals surface area contributed by atoms with Crippen molar-refractivity contribution in [1.82, 2.24) is 10.9 Å². The highest BCUT2D eigenvalue weighted by Gasteiger charge is 2.24. The largest absolute Gasteiger partial charge is 0.846 e. The maximum absolute atomic E-state index is 11.1. The highest BCUT2D eigenvalue weighted by atomic mass is 16.7. The smallest absolute Gasteiger partial charge is 0.278 e. The minimum absolute atomic E-state index is 0.273. The number of rotatable bonds is 4. The van der Waals surface area contributed by atoms with E-state index in [2.05, 4.69) is 35.0 Å². The predicted molar refractivity (Wildman–Crippen MR) is 69.4 cm³/mol. The minimum Gasteiger partial charge on any atom is -0.846 e. The van der Waals surface area contributed by atoms with Crippen molar-refractivity contribution in [3.05, 3.63) is 48.0 Å². The lowest BCUT2D eigenvalue weighted by Crippen LogP contribution is -3.16. The molecule has 1 heterocycles. The SMILES string of the molecule is CN=C([O-])NC1=C[NH+](C(C)Cc2ccccc2)NO1. The van der Waals surface area contributed by atoms with Crippen molar-refractivity contribution in [2.24, 2.45) is 4.99 Å². The van der Waals surface area contributed by atoms with E-state index in [1.54, 1.807) is 6.20 Å². The fourth-order valence-electron chi connectivity index (χ4n) is 1.86. The van der Waals surface area contributed by atoms with Gasteiger partial charge in [-0.2, -0.15) is 5.01 Å². The molecule has 102 valence electrons. The van der Waals surface area contributed by atoms with Gasteiger partial charge in [-0.25, -0.2) is 0 Å². The third kappa shape index (κ3) is 3.70. The van der Waals surface area contributed by atoms with Crippen LogP contribution in [-0.4, -0.2) is 19.1 Å². The second kappa shape index (κ2) is 6.21. The highest BCUT2D eigenvalue weighted by Crippen LogP contribution is 2.01. The average molecular weight is 262 g/mol. The van der Waals surface area contributed by atoms with Gasteiger partial charge in [0.15, 0.2) is 6.20 Å². The van der Waals surface area contributed by atoms with Crippen LogP contribution in [0.5, 0.6) is 0 Å². The van der Waals surface area contributed by atoms with Gasteiger partial charge in [-0.1, -0.05) is 30.3 Å². The molecule has 0 aliphatic carbocycles. The van der Waals surface area contributed by atoms with Crippen molar-refractivity contribution in [3.8, 4) is 0 Å². The van der Waals surface area contributed by atoms with Crippen molar-refractivity contribution >= 4 is 6.02 Å². The van der Waals surface area contributed by atoms with Crippen LogP contribution < -0.4 is 21.0 Å². The van der Waals surface area contributed by atoms with Crippen molar-refractivity contribution in [1.29, 1.82) is 0 Å². The van der Waals surface area contributed by atoms with Crippen LogP contribution in [0.1, 0.15) is 12.5 Å². The van der Waals surface area contributed by atoms with Gasteiger partial charge >= 0.3 is 0 Å². The lowest BCUT2D eigenvalue weighted by Gasteiger charge is -2.15. The zero-order chi connectivity index (χ0) is 13.7. The van der Waals surface area contributed by atoms with Crippen LogP contribution in [-0.2, 0) is 11.3 Å². The normalized spacial score (nSPS) is 20.6. The molecule has 1 aromatic rings. The molecule has 6 heteroatoms. The molecule has 1 aliphatic heterocycles. The Morgan fingerprint density at radius 3 is 2.89 bits per heavy atom. The standard InChI is InChI=1S/C13H18N4O2/c1-10(8-11-6-4-3-5-7-11)17-9-12(19-16-17)15-13(18)14-2/h3-7,9-10,16H,8H2,1-2H3,(H2,14,15,18). The van der Waals surface area contributed by atoms with Crippen LogP contribution in [0.3, 0.4) is 0 Å². The summed E-state index contributed by atoms with van der Waals surface area (Å²) < 4.78 is 0. The molecule has 0 spiro atoms. The third-order valence-electron chi connectivity index (χ3n) is 2.91. The first kappa shape index (κ1) is 13.4. The quantitative estimate of drug-likeness (QED) is 0.465. The van der Waals surface area contributed by atoms with Crippen LogP contribution in [0.25, 0.3) is 0 Å². The number of amidine groups is 1. The second-order valence-corrected chi connectivity index (χ2v) is 4.41. The summed E-state index contributed by atoms with van der Waals surface area (Å²) in [6, 6.07) is 10.1. The predicted octanol–water partition coefficient (Wildman–Crippen LogP) is -1.31. The van der Waals surface area contributed by atoms with Gasteiger partial charge in [0.25, 0.3) is 5.88 Å². The maximum Gasteiger partial charge on any atom is 0.278 e.